The quantitative estimate of drug-likeness (QED) is 0.876. The highest BCUT2D eigenvalue weighted by atomic mass is 19.4. The van der Waals surface area contributed by atoms with Crippen LogP contribution in [0, 0.1) is 0 Å². The van der Waals surface area contributed by atoms with Gasteiger partial charge in [0.15, 0.2) is 0 Å². The summed E-state index contributed by atoms with van der Waals surface area (Å²) < 4.78 is 37.4. The Balaban J connectivity index is 2.47. The minimum Gasteiger partial charge on any atom is -0.330 e. The highest BCUT2D eigenvalue weighted by molar-refractivity contribution is 5.79. The number of pyridine rings is 1. The molecule has 0 aliphatic rings. The molecule has 90 valence electrons. The summed E-state index contributed by atoms with van der Waals surface area (Å²) in [5.41, 5.74) is 6.09. The number of aromatic nitrogens is 1. The second-order valence-corrected chi connectivity index (χ2v) is 3.75. The summed E-state index contributed by atoms with van der Waals surface area (Å²) in [6.45, 7) is 0.471. The van der Waals surface area contributed by atoms with Gasteiger partial charge in [0.05, 0.1) is 11.1 Å². The Morgan fingerprint density at radius 3 is 2.53 bits per heavy atom. The number of fused-ring (bicyclic) bond motifs is 1. The first-order valence-electron chi connectivity index (χ1n) is 5.17. The monoisotopic (exact) mass is 240 g/mol. The van der Waals surface area contributed by atoms with Gasteiger partial charge in [-0.3, -0.25) is 4.98 Å². The van der Waals surface area contributed by atoms with Gasteiger partial charge in [0.25, 0.3) is 0 Å². The summed E-state index contributed by atoms with van der Waals surface area (Å²) in [6.07, 6.45) is -3.69. The topological polar surface area (TPSA) is 38.9 Å². The lowest BCUT2D eigenvalue weighted by Gasteiger charge is -2.08. The van der Waals surface area contributed by atoms with Gasteiger partial charge in [-0.25, -0.2) is 0 Å². The van der Waals surface area contributed by atoms with Crippen LogP contribution in [0.5, 0.6) is 0 Å². The van der Waals surface area contributed by atoms with Gasteiger partial charge in [0.2, 0.25) is 0 Å². The maximum atomic E-state index is 12.5. The van der Waals surface area contributed by atoms with Crippen LogP contribution in [0.1, 0.15) is 11.3 Å². The van der Waals surface area contributed by atoms with Gasteiger partial charge in [-0.05, 0) is 30.8 Å². The zero-order valence-electron chi connectivity index (χ0n) is 8.96. The van der Waals surface area contributed by atoms with Crippen molar-refractivity contribution in [1.82, 2.24) is 4.98 Å². The number of rotatable bonds is 2. The van der Waals surface area contributed by atoms with Crippen molar-refractivity contribution in [2.45, 2.75) is 12.6 Å². The molecule has 0 atom stereocenters. The molecule has 0 spiro atoms. The molecule has 2 nitrogen and oxygen atoms in total. The summed E-state index contributed by atoms with van der Waals surface area (Å²) in [6, 6.07) is 6.88. The molecule has 0 aliphatic carbocycles. The van der Waals surface area contributed by atoms with Crippen LogP contribution in [0.25, 0.3) is 10.9 Å². The Morgan fingerprint density at radius 1 is 1.12 bits per heavy atom. The molecule has 0 amide bonds. The Kier molecular flexibility index (Phi) is 3.02. The summed E-state index contributed by atoms with van der Waals surface area (Å²) in [7, 11) is 0. The van der Waals surface area contributed by atoms with E-state index in [-0.39, 0.29) is 0 Å². The zero-order valence-corrected chi connectivity index (χ0v) is 8.96. The molecule has 2 rings (SSSR count). The SMILES string of the molecule is NCCc1ccc2cc(C(F)(F)F)ccc2n1. The molecule has 0 fully saturated rings. The maximum Gasteiger partial charge on any atom is 0.416 e. The Hall–Kier alpha value is -1.62. The lowest BCUT2D eigenvalue weighted by atomic mass is 10.1. The van der Waals surface area contributed by atoms with E-state index in [0.29, 0.717) is 23.9 Å². The van der Waals surface area contributed by atoms with Gasteiger partial charge in [-0.1, -0.05) is 6.07 Å². The van der Waals surface area contributed by atoms with Crippen molar-refractivity contribution in [3.63, 3.8) is 0 Å². The first-order valence-corrected chi connectivity index (χ1v) is 5.17. The van der Waals surface area contributed by atoms with Crippen molar-refractivity contribution in [3.05, 3.63) is 41.6 Å². The van der Waals surface area contributed by atoms with Crippen molar-refractivity contribution in [2.75, 3.05) is 6.54 Å². The maximum absolute atomic E-state index is 12.5. The molecule has 1 heterocycles. The van der Waals surface area contributed by atoms with E-state index in [1.807, 2.05) is 0 Å². The Bertz CT molecular complexity index is 535. The van der Waals surface area contributed by atoms with Gasteiger partial charge < -0.3 is 5.73 Å². The minimum absolute atomic E-state index is 0.471. The van der Waals surface area contributed by atoms with Crippen LogP contribution >= 0.6 is 0 Å². The fourth-order valence-electron chi connectivity index (χ4n) is 1.63. The van der Waals surface area contributed by atoms with Crippen LogP contribution in [0.15, 0.2) is 30.3 Å². The van der Waals surface area contributed by atoms with Crippen molar-refractivity contribution in [1.29, 1.82) is 0 Å². The van der Waals surface area contributed by atoms with Crippen molar-refractivity contribution in [3.8, 4) is 0 Å². The molecule has 2 N–H and O–H groups in total. The zero-order chi connectivity index (χ0) is 12.5. The van der Waals surface area contributed by atoms with Crippen LogP contribution in [-0.2, 0) is 12.6 Å². The third kappa shape index (κ3) is 2.55. The molecule has 0 saturated carbocycles. The van der Waals surface area contributed by atoms with Gasteiger partial charge in [0, 0.05) is 17.5 Å². The largest absolute Gasteiger partial charge is 0.416 e. The highest BCUT2D eigenvalue weighted by Gasteiger charge is 2.30. The number of nitrogens with zero attached hydrogens (tertiary/aromatic N) is 1. The van der Waals surface area contributed by atoms with Crippen LogP contribution in [0.2, 0.25) is 0 Å². The molecule has 5 heteroatoms. The van der Waals surface area contributed by atoms with E-state index in [1.165, 1.54) is 6.07 Å². The Morgan fingerprint density at radius 2 is 1.88 bits per heavy atom. The van der Waals surface area contributed by atoms with Gasteiger partial charge in [0.1, 0.15) is 0 Å². The first kappa shape index (κ1) is 11.9. The first-order chi connectivity index (χ1) is 8.00. The van der Waals surface area contributed by atoms with Crippen LogP contribution < -0.4 is 5.73 Å². The predicted molar refractivity (Wildman–Crippen MR) is 59.5 cm³/mol. The van der Waals surface area contributed by atoms with E-state index in [2.05, 4.69) is 4.98 Å². The lowest BCUT2D eigenvalue weighted by molar-refractivity contribution is -0.137. The number of halogens is 3. The molecule has 17 heavy (non-hydrogen) atoms. The second-order valence-electron chi connectivity index (χ2n) is 3.75. The molecule has 0 radical (unpaired) electrons. The fraction of sp³-hybridized carbons (Fsp3) is 0.250. The third-order valence-corrected chi connectivity index (χ3v) is 2.47. The molecule has 0 unspecified atom stereocenters. The van der Waals surface area contributed by atoms with E-state index < -0.39 is 11.7 Å². The molecule has 0 bridgehead atoms. The highest BCUT2D eigenvalue weighted by Crippen LogP contribution is 2.31. The van der Waals surface area contributed by atoms with Crippen LogP contribution in [0.3, 0.4) is 0 Å². The molecular weight excluding hydrogens is 229 g/mol. The molecule has 2 aromatic rings. The van der Waals surface area contributed by atoms with E-state index in [9.17, 15) is 13.2 Å². The van der Waals surface area contributed by atoms with E-state index >= 15 is 0 Å². The second kappa shape index (κ2) is 4.33. The molecule has 0 aliphatic heterocycles. The molecular formula is C12H11F3N2. The number of benzene rings is 1. The van der Waals surface area contributed by atoms with Crippen molar-refractivity contribution >= 4 is 10.9 Å². The average molecular weight is 240 g/mol. The summed E-state index contributed by atoms with van der Waals surface area (Å²) in [4.78, 5) is 4.24. The summed E-state index contributed by atoms with van der Waals surface area (Å²) in [5, 5.41) is 0.487. The van der Waals surface area contributed by atoms with Crippen LogP contribution in [0.4, 0.5) is 13.2 Å². The summed E-state index contributed by atoms with van der Waals surface area (Å²) >= 11 is 0. The van der Waals surface area contributed by atoms with E-state index in [4.69, 9.17) is 5.73 Å². The van der Waals surface area contributed by atoms with E-state index in [0.717, 1.165) is 17.8 Å². The number of hydrogen-bond acceptors (Lipinski definition) is 2. The number of alkyl halides is 3. The van der Waals surface area contributed by atoms with E-state index in [1.54, 1.807) is 12.1 Å². The molecule has 1 aromatic heterocycles. The summed E-state index contributed by atoms with van der Waals surface area (Å²) in [5.74, 6) is 0. The molecule has 0 saturated heterocycles. The smallest absolute Gasteiger partial charge is 0.330 e. The van der Waals surface area contributed by atoms with Gasteiger partial charge in [-0.2, -0.15) is 13.2 Å². The number of hydrogen-bond donors (Lipinski definition) is 1. The fourth-order valence-corrected chi connectivity index (χ4v) is 1.63. The third-order valence-electron chi connectivity index (χ3n) is 2.47. The Labute approximate surface area is 96.3 Å². The van der Waals surface area contributed by atoms with Crippen LogP contribution in [-0.4, -0.2) is 11.5 Å². The standard InChI is InChI=1S/C12H11F3N2/c13-12(14,15)9-2-4-11-8(7-9)1-3-10(17-11)5-6-16/h1-4,7H,5-6,16H2. The molecule has 1 aromatic carbocycles. The predicted octanol–water partition coefficient (Wildman–Crippen LogP) is 2.75. The normalized spacial score (nSPS) is 12.0. The van der Waals surface area contributed by atoms with Gasteiger partial charge >= 0.3 is 6.18 Å². The lowest BCUT2D eigenvalue weighted by Crippen LogP contribution is -2.06. The van der Waals surface area contributed by atoms with Crippen molar-refractivity contribution in [2.24, 2.45) is 5.73 Å². The minimum atomic E-state index is -4.32. The average Bonchev–Trinajstić information content (AvgIpc) is 2.27. The number of nitrogens with two attached hydrogens (primary N) is 1. The van der Waals surface area contributed by atoms with Crippen molar-refractivity contribution < 1.29 is 13.2 Å². The van der Waals surface area contributed by atoms with Gasteiger partial charge in [-0.15, -0.1) is 0 Å².